The number of imidazole rings is 1. The van der Waals surface area contributed by atoms with Crippen LogP contribution >= 0.6 is 15.9 Å². The van der Waals surface area contributed by atoms with Crippen LogP contribution in [0.1, 0.15) is 5.56 Å². The molecule has 108 valence electrons. The molecule has 0 aliphatic rings. The van der Waals surface area contributed by atoms with Crippen LogP contribution in [-0.4, -0.2) is 15.6 Å². The van der Waals surface area contributed by atoms with Crippen LogP contribution in [0.4, 0.5) is 0 Å². The lowest BCUT2D eigenvalue weighted by Crippen LogP contribution is -2.39. The molecule has 1 aromatic heterocycles. The lowest BCUT2D eigenvalue weighted by molar-refractivity contribution is 0.460. The zero-order valence-corrected chi connectivity index (χ0v) is 13.1. The van der Waals surface area contributed by atoms with E-state index >= 15 is 0 Å². The smallest absolute Gasteiger partial charge is 0.0958 e. The Hall–Kier alpha value is -1.69. The summed E-state index contributed by atoms with van der Waals surface area (Å²) in [5.74, 6) is 5.72. The van der Waals surface area contributed by atoms with Gasteiger partial charge in [0.1, 0.15) is 0 Å². The van der Waals surface area contributed by atoms with Gasteiger partial charge in [-0.2, -0.15) is 0 Å². The van der Waals surface area contributed by atoms with Crippen LogP contribution in [0, 0.1) is 0 Å². The fourth-order valence-electron chi connectivity index (χ4n) is 2.47. The van der Waals surface area contributed by atoms with Crippen molar-refractivity contribution in [3.8, 4) is 0 Å². The topological polar surface area (TPSA) is 55.9 Å². The van der Waals surface area contributed by atoms with Gasteiger partial charge < -0.3 is 4.57 Å². The van der Waals surface area contributed by atoms with Crippen molar-refractivity contribution in [2.24, 2.45) is 5.84 Å². The number of nitrogens with one attached hydrogen (secondary N) is 1. The first-order chi connectivity index (χ1) is 10.3. The Labute approximate surface area is 132 Å². The predicted molar refractivity (Wildman–Crippen MR) is 88.7 cm³/mol. The number of nitrogens with two attached hydrogens (primary N) is 1. The van der Waals surface area contributed by atoms with Crippen LogP contribution in [0.5, 0.6) is 0 Å². The number of hydrogen-bond donors (Lipinski definition) is 2. The highest BCUT2D eigenvalue weighted by Crippen LogP contribution is 2.15. The minimum atomic E-state index is 0.156. The Morgan fingerprint density at radius 2 is 1.90 bits per heavy atom. The van der Waals surface area contributed by atoms with Crippen molar-refractivity contribution in [3.63, 3.8) is 0 Å². The molecule has 5 heteroatoms. The molecule has 0 fully saturated rings. The number of hydrogen-bond acceptors (Lipinski definition) is 3. The second-order valence-corrected chi connectivity index (χ2v) is 6.00. The van der Waals surface area contributed by atoms with Crippen LogP contribution in [0.2, 0.25) is 0 Å². The lowest BCUT2D eigenvalue weighted by Gasteiger charge is -2.17. The molecule has 1 heterocycles. The summed E-state index contributed by atoms with van der Waals surface area (Å²) in [6, 6.07) is 16.6. The maximum atomic E-state index is 5.72. The maximum Gasteiger partial charge on any atom is 0.0958 e. The predicted octanol–water partition coefficient (Wildman–Crippen LogP) is 2.87. The number of benzene rings is 2. The summed E-state index contributed by atoms with van der Waals surface area (Å²) in [6.45, 7) is 0.785. The van der Waals surface area contributed by atoms with Gasteiger partial charge in [0.15, 0.2) is 0 Å². The lowest BCUT2D eigenvalue weighted by atomic mass is 10.1. The van der Waals surface area contributed by atoms with Crippen molar-refractivity contribution in [2.75, 3.05) is 0 Å². The number of nitrogens with zero attached hydrogens (tertiary/aromatic N) is 2. The summed E-state index contributed by atoms with van der Waals surface area (Å²) >= 11 is 3.45. The van der Waals surface area contributed by atoms with Crippen molar-refractivity contribution in [2.45, 2.75) is 19.0 Å². The van der Waals surface area contributed by atoms with Gasteiger partial charge in [0, 0.05) is 17.1 Å². The monoisotopic (exact) mass is 344 g/mol. The van der Waals surface area contributed by atoms with E-state index in [1.807, 2.05) is 24.5 Å². The normalized spacial score (nSPS) is 12.7. The average Bonchev–Trinajstić information content (AvgIpc) is 2.92. The van der Waals surface area contributed by atoms with Gasteiger partial charge in [-0.25, -0.2) is 4.98 Å². The summed E-state index contributed by atoms with van der Waals surface area (Å²) in [5.41, 5.74) is 6.31. The third kappa shape index (κ3) is 3.32. The molecular formula is C16H17BrN4. The zero-order chi connectivity index (χ0) is 14.7. The molecule has 3 N–H and O–H groups in total. The van der Waals surface area contributed by atoms with Gasteiger partial charge >= 0.3 is 0 Å². The van der Waals surface area contributed by atoms with E-state index in [0.717, 1.165) is 28.5 Å². The standard InChI is InChI=1S/C16H17BrN4/c17-13-7-5-12(6-8-13)9-14(20-18)10-21-11-19-15-3-1-2-4-16(15)21/h1-8,11,14,20H,9-10,18H2. The van der Waals surface area contributed by atoms with E-state index in [2.05, 4.69) is 61.2 Å². The van der Waals surface area contributed by atoms with E-state index in [1.165, 1.54) is 5.56 Å². The zero-order valence-electron chi connectivity index (χ0n) is 11.5. The summed E-state index contributed by atoms with van der Waals surface area (Å²) in [5, 5.41) is 0. The molecule has 3 aromatic rings. The third-order valence-electron chi connectivity index (χ3n) is 3.58. The van der Waals surface area contributed by atoms with Crippen LogP contribution in [0.3, 0.4) is 0 Å². The Balaban J connectivity index is 1.76. The second kappa shape index (κ2) is 6.39. The first-order valence-corrected chi connectivity index (χ1v) is 7.66. The molecule has 2 aromatic carbocycles. The summed E-state index contributed by atoms with van der Waals surface area (Å²) < 4.78 is 3.22. The van der Waals surface area contributed by atoms with E-state index in [0.29, 0.717) is 0 Å². The molecule has 0 saturated heterocycles. The summed E-state index contributed by atoms with van der Waals surface area (Å²) in [6.07, 6.45) is 2.74. The van der Waals surface area contributed by atoms with Gasteiger partial charge in [-0.15, -0.1) is 0 Å². The molecular weight excluding hydrogens is 328 g/mol. The molecule has 4 nitrogen and oxygen atoms in total. The third-order valence-corrected chi connectivity index (χ3v) is 4.10. The first-order valence-electron chi connectivity index (χ1n) is 6.86. The minimum absolute atomic E-state index is 0.156. The van der Waals surface area contributed by atoms with Gasteiger partial charge in [-0.1, -0.05) is 40.2 Å². The Morgan fingerprint density at radius 1 is 1.14 bits per heavy atom. The fourth-order valence-corrected chi connectivity index (χ4v) is 2.74. The Bertz CT molecular complexity index is 720. The Kier molecular flexibility index (Phi) is 4.34. The summed E-state index contributed by atoms with van der Waals surface area (Å²) in [4.78, 5) is 4.41. The van der Waals surface area contributed by atoms with Gasteiger partial charge in [-0.05, 0) is 36.2 Å². The number of aromatic nitrogens is 2. The largest absolute Gasteiger partial charge is 0.329 e. The van der Waals surface area contributed by atoms with Gasteiger partial charge in [0.05, 0.1) is 17.4 Å². The van der Waals surface area contributed by atoms with E-state index in [-0.39, 0.29) is 6.04 Å². The van der Waals surface area contributed by atoms with E-state index in [1.54, 1.807) is 0 Å². The van der Waals surface area contributed by atoms with Crippen molar-refractivity contribution in [1.82, 2.24) is 15.0 Å². The molecule has 0 bridgehead atoms. The highest BCUT2D eigenvalue weighted by molar-refractivity contribution is 9.10. The first kappa shape index (κ1) is 14.3. The number of rotatable bonds is 5. The molecule has 0 aliphatic heterocycles. The molecule has 1 unspecified atom stereocenters. The van der Waals surface area contributed by atoms with E-state index in [9.17, 15) is 0 Å². The quantitative estimate of drug-likeness (QED) is 0.552. The van der Waals surface area contributed by atoms with Crippen LogP contribution in [-0.2, 0) is 13.0 Å². The fraction of sp³-hybridized carbons (Fsp3) is 0.188. The molecule has 0 radical (unpaired) electrons. The summed E-state index contributed by atoms with van der Waals surface area (Å²) in [7, 11) is 0. The van der Waals surface area contributed by atoms with E-state index in [4.69, 9.17) is 5.84 Å². The number of para-hydroxylation sites is 2. The number of halogens is 1. The molecule has 0 aliphatic carbocycles. The Morgan fingerprint density at radius 3 is 2.67 bits per heavy atom. The molecule has 3 rings (SSSR count). The number of fused-ring (bicyclic) bond motifs is 1. The van der Waals surface area contributed by atoms with Crippen LogP contribution < -0.4 is 11.3 Å². The average molecular weight is 345 g/mol. The van der Waals surface area contributed by atoms with Gasteiger partial charge in [0.2, 0.25) is 0 Å². The van der Waals surface area contributed by atoms with Crippen molar-refractivity contribution < 1.29 is 0 Å². The van der Waals surface area contributed by atoms with Crippen LogP contribution in [0.15, 0.2) is 59.3 Å². The minimum Gasteiger partial charge on any atom is -0.329 e. The molecule has 0 saturated carbocycles. The molecule has 1 atom stereocenters. The van der Waals surface area contributed by atoms with Crippen molar-refractivity contribution in [1.29, 1.82) is 0 Å². The van der Waals surface area contributed by atoms with Crippen molar-refractivity contribution >= 4 is 27.0 Å². The maximum absolute atomic E-state index is 5.72. The van der Waals surface area contributed by atoms with Gasteiger partial charge in [-0.3, -0.25) is 11.3 Å². The van der Waals surface area contributed by atoms with E-state index < -0.39 is 0 Å². The number of hydrazine groups is 1. The highest BCUT2D eigenvalue weighted by atomic mass is 79.9. The highest BCUT2D eigenvalue weighted by Gasteiger charge is 2.11. The second-order valence-electron chi connectivity index (χ2n) is 5.08. The molecule has 21 heavy (non-hydrogen) atoms. The molecule has 0 spiro atoms. The SMILES string of the molecule is NNC(Cc1ccc(Br)cc1)Cn1cnc2ccccc21. The van der Waals surface area contributed by atoms with Crippen LogP contribution in [0.25, 0.3) is 11.0 Å². The molecule has 0 amide bonds. The van der Waals surface area contributed by atoms with Crippen molar-refractivity contribution in [3.05, 3.63) is 64.9 Å². The van der Waals surface area contributed by atoms with Gasteiger partial charge in [0.25, 0.3) is 0 Å².